The molecule has 4 nitrogen and oxygen atoms in total. The van der Waals surface area contributed by atoms with Gasteiger partial charge in [-0.3, -0.25) is 9.36 Å². The van der Waals surface area contributed by atoms with E-state index in [4.69, 9.17) is 0 Å². The molecule has 0 aliphatic heterocycles. The van der Waals surface area contributed by atoms with Gasteiger partial charge in [-0.25, -0.2) is 4.98 Å². The molecule has 0 spiro atoms. The van der Waals surface area contributed by atoms with E-state index in [1.54, 1.807) is 17.0 Å². The molecule has 0 saturated carbocycles. The number of hydrogen-bond donors (Lipinski definition) is 0. The fourth-order valence-corrected chi connectivity index (χ4v) is 4.16. The van der Waals surface area contributed by atoms with Crippen LogP contribution in [0.1, 0.15) is 16.0 Å². The van der Waals surface area contributed by atoms with Crippen molar-refractivity contribution in [2.45, 2.75) is 13.5 Å². The van der Waals surface area contributed by atoms with Crippen molar-refractivity contribution in [2.75, 3.05) is 0 Å². The van der Waals surface area contributed by atoms with Crippen molar-refractivity contribution < 1.29 is 0 Å². The average Bonchev–Trinajstić information content (AvgIpc) is 3.02. The number of rotatable bonds is 3. The zero-order valence-electron chi connectivity index (χ0n) is 14.1. The molecular weight excluding hydrogens is 342 g/mol. The van der Waals surface area contributed by atoms with Gasteiger partial charge >= 0.3 is 0 Å². The SMILES string of the molecule is Cc1sc2ncn(Cc3ccccc3C#N)c(=O)c2c1-c1ccccc1. The van der Waals surface area contributed by atoms with Crippen LogP contribution in [0.2, 0.25) is 0 Å². The van der Waals surface area contributed by atoms with Gasteiger partial charge < -0.3 is 0 Å². The first-order chi connectivity index (χ1) is 12.7. The molecule has 2 aromatic carbocycles. The van der Waals surface area contributed by atoms with E-state index in [0.717, 1.165) is 26.4 Å². The minimum absolute atomic E-state index is 0.0778. The van der Waals surface area contributed by atoms with Crippen LogP contribution in [0.5, 0.6) is 0 Å². The fraction of sp³-hybridized carbons (Fsp3) is 0.0952. The Balaban J connectivity index is 1.90. The topological polar surface area (TPSA) is 58.7 Å². The van der Waals surface area contributed by atoms with Crippen molar-refractivity contribution in [3.8, 4) is 17.2 Å². The van der Waals surface area contributed by atoms with Crippen LogP contribution < -0.4 is 5.56 Å². The highest BCUT2D eigenvalue weighted by molar-refractivity contribution is 7.19. The molecule has 0 saturated heterocycles. The molecule has 0 aliphatic rings. The average molecular weight is 357 g/mol. The predicted molar refractivity (Wildman–Crippen MR) is 104 cm³/mol. The summed E-state index contributed by atoms with van der Waals surface area (Å²) in [5.74, 6) is 0. The van der Waals surface area contributed by atoms with Crippen molar-refractivity contribution in [3.63, 3.8) is 0 Å². The Kier molecular flexibility index (Phi) is 4.11. The maximum atomic E-state index is 13.2. The Labute approximate surface area is 154 Å². The molecule has 0 bridgehead atoms. The van der Waals surface area contributed by atoms with Gasteiger partial charge in [-0.2, -0.15) is 5.26 Å². The van der Waals surface area contributed by atoms with Gasteiger partial charge in [-0.05, 0) is 24.1 Å². The number of aromatic nitrogens is 2. The molecule has 26 heavy (non-hydrogen) atoms. The highest BCUT2D eigenvalue weighted by Gasteiger charge is 2.17. The standard InChI is InChI=1S/C21H15N3OS/c1-14-18(15-7-3-2-4-8-15)19-20(26-14)23-13-24(21(19)25)12-17-10-6-5-9-16(17)11-22/h2-10,13H,12H2,1H3. The van der Waals surface area contributed by atoms with Gasteiger partial charge in [0.05, 0.1) is 29.9 Å². The van der Waals surface area contributed by atoms with Crippen LogP contribution in [0.25, 0.3) is 21.3 Å². The molecule has 2 heterocycles. The van der Waals surface area contributed by atoms with Crippen LogP contribution in [-0.4, -0.2) is 9.55 Å². The lowest BCUT2D eigenvalue weighted by Gasteiger charge is -2.08. The molecule has 126 valence electrons. The Morgan fingerprint density at radius 1 is 1.12 bits per heavy atom. The van der Waals surface area contributed by atoms with E-state index in [-0.39, 0.29) is 5.56 Å². The normalized spacial score (nSPS) is 10.8. The zero-order valence-corrected chi connectivity index (χ0v) is 15.0. The molecule has 2 aromatic heterocycles. The lowest BCUT2D eigenvalue weighted by molar-refractivity contribution is 0.748. The molecule has 0 radical (unpaired) electrons. The molecular formula is C21H15N3OS. The summed E-state index contributed by atoms with van der Waals surface area (Å²) in [4.78, 5) is 19.5. The first kappa shape index (κ1) is 16.2. The second-order valence-corrected chi connectivity index (χ2v) is 7.23. The summed E-state index contributed by atoms with van der Waals surface area (Å²) < 4.78 is 1.58. The maximum Gasteiger partial charge on any atom is 0.263 e. The summed E-state index contributed by atoms with van der Waals surface area (Å²) in [5.41, 5.74) is 3.28. The first-order valence-corrected chi connectivity index (χ1v) is 9.02. The zero-order chi connectivity index (χ0) is 18.1. The molecule has 0 fully saturated rings. The minimum Gasteiger partial charge on any atom is -0.294 e. The maximum absolute atomic E-state index is 13.2. The van der Waals surface area contributed by atoms with Crippen LogP contribution >= 0.6 is 11.3 Å². The number of hydrogen-bond acceptors (Lipinski definition) is 4. The number of nitriles is 1. The highest BCUT2D eigenvalue weighted by atomic mass is 32.1. The van der Waals surface area contributed by atoms with E-state index in [1.165, 1.54) is 11.3 Å². The van der Waals surface area contributed by atoms with Crippen molar-refractivity contribution in [3.05, 3.63) is 87.3 Å². The number of fused-ring (bicyclic) bond motifs is 1. The Hall–Kier alpha value is -3.23. The summed E-state index contributed by atoms with van der Waals surface area (Å²) >= 11 is 1.53. The third-order valence-corrected chi connectivity index (χ3v) is 5.41. The monoisotopic (exact) mass is 357 g/mol. The number of thiophene rings is 1. The lowest BCUT2D eigenvalue weighted by Crippen LogP contribution is -2.21. The second-order valence-electron chi connectivity index (χ2n) is 6.03. The lowest BCUT2D eigenvalue weighted by atomic mass is 10.0. The number of benzene rings is 2. The largest absolute Gasteiger partial charge is 0.294 e. The first-order valence-electron chi connectivity index (χ1n) is 8.21. The second kappa shape index (κ2) is 6.58. The van der Waals surface area contributed by atoms with Gasteiger partial charge in [0.15, 0.2) is 0 Å². The Morgan fingerprint density at radius 2 is 1.85 bits per heavy atom. The molecule has 0 N–H and O–H groups in total. The Morgan fingerprint density at radius 3 is 2.62 bits per heavy atom. The van der Waals surface area contributed by atoms with E-state index < -0.39 is 0 Å². The van der Waals surface area contributed by atoms with Crippen molar-refractivity contribution >= 4 is 21.6 Å². The van der Waals surface area contributed by atoms with Gasteiger partial charge in [0.2, 0.25) is 0 Å². The quantitative estimate of drug-likeness (QED) is 0.547. The van der Waals surface area contributed by atoms with Crippen LogP contribution in [0.4, 0.5) is 0 Å². The smallest absolute Gasteiger partial charge is 0.263 e. The summed E-state index contributed by atoms with van der Waals surface area (Å²) in [6.07, 6.45) is 1.57. The molecule has 4 rings (SSSR count). The van der Waals surface area contributed by atoms with Gasteiger partial charge in [-0.1, -0.05) is 48.5 Å². The molecule has 5 heteroatoms. The Bertz CT molecular complexity index is 1200. The fourth-order valence-electron chi connectivity index (χ4n) is 3.15. The molecule has 0 aliphatic carbocycles. The van der Waals surface area contributed by atoms with E-state index >= 15 is 0 Å². The third-order valence-electron chi connectivity index (χ3n) is 4.40. The molecule has 0 atom stereocenters. The molecule has 0 amide bonds. The van der Waals surface area contributed by atoms with Crippen LogP contribution in [0, 0.1) is 18.3 Å². The highest BCUT2D eigenvalue weighted by Crippen LogP contribution is 2.35. The molecule has 0 unspecified atom stereocenters. The molecule has 4 aromatic rings. The van der Waals surface area contributed by atoms with E-state index in [9.17, 15) is 10.1 Å². The number of nitrogens with zero attached hydrogens (tertiary/aromatic N) is 3. The predicted octanol–water partition coefficient (Wildman–Crippen LogP) is 4.35. The van der Waals surface area contributed by atoms with Crippen LogP contribution in [0.3, 0.4) is 0 Å². The van der Waals surface area contributed by atoms with Crippen molar-refractivity contribution in [2.24, 2.45) is 0 Å². The van der Waals surface area contributed by atoms with Gasteiger partial charge in [-0.15, -0.1) is 11.3 Å². The van der Waals surface area contributed by atoms with E-state index in [1.807, 2.05) is 55.5 Å². The van der Waals surface area contributed by atoms with Crippen molar-refractivity contribution in [1.82, 2.24) is 9.55 Å². The van der Waals surface area contributed by atoms with Gasteiger partial charge in [0, 0.05) is 10.4 Å². The summed E-state index contributed by atoms with van der Waals surface area (Å²) in [6, 6.07) is 19.4. The van der Waals surface area contributed by atoms with E-state index in [2.05, 4.69) is 11.1 Å². The van der Waals surface area contributed by atoms with Gasteiger partial charge in [0.25, 0.3) is 5.56 Å². The summed E-state index contributed by atoms with van der Waals surface area (Å²) in [7, 11) is 0. The van der Waals surface area contributed by atoms with Crippen molar-refractivity contribution in [1.29, 1.82) is 5.26 Å². The van der Waals surface area contributed by atoms with Crippen LogP contribution in [-0.2, 0) is 6.54 Å². The third kappa shape index (κ3) is 2.71. The van der Waals surface area contributed by atoms with Crippen LogP contribution in [0.15, 0.2) is 65.7 Å². The number of aryl methyl sites for hydroxylation is 1. The summed E-state index contributed by atoms with van der Waals surface area (Å²) in [5, 5.41) is 9.93. The summed E-state index contributed by atoms with van der Waals surface area (Å²) in [6.45, 7) is 2.35. The van der Waals surface area contributed by atoms with E-state index in [0.29, 0.717) is 17.5 Å². The minimum atomic E-state index is -0.0778. The van der Waals surface area contributed by atoms with Gasteiger partial charge in [0.1, 0.15) is 4.83 Å².